The third kappa shape index (κ3) is 2.85. The highest BCUT2D eigenvalue weighted by atomic mass is 19.1. The summed E-state index contributed by atoms with van der Waals surface area (Å²) in [6.07, 6.45) is 0.233. The van der Waals surface area contributed by atoms with E-state index in [4.69, 9.17) is 5.73 Å². The van der Waals surface area contributed by atoms with Gasteiger partial charge in [0.25, 0.3) is 0 Å². The fourth-order valence-corrected chi connectivity index (χ4v) is 5.29. The van der Waals surface area contributed by atoms with Gasteiger partial charge in [0.2, 0.25) is 23.6 Å². The molecular formula is C23H21FN4O4. The number of nitrogens with two attached hydrogens (primary N) is 1. The number of rotatable bonds is 5. The molecule has 2 aromatic carbocycles. The van der Waals surface area contributed by atoms with Gasteiger partial charge in [0.05, 0.1) is 18.4 Å². The molecule has 2 fully saturated rings. The van der Waals surface area contributed by atoms with E-state index in [9.17, 15) is 23.6 Å². The molecule has 0 aromatic heterocycles. The fourth-order valence-electron chi connectivity index (χ4n) is 5.29. The number of primary amides is 1. The number of carbonyl (C=O) groups is 4. The van der Waals surface area contributed by atoms with Gasteiger partial charge in [0.1, 0.15) is 11.4 Å². The maximum atomic E-state index is 13.6. The van der Waals surface area contributed by atoms with Crippen LogP contribution in [0.5, 0.6) is 0 Å². The third-order valence-electron chi connectivity index (χ3n) is 6.67. The van der Waals surface area contributed by atoms with Crippen molar-refractivity contribution < 1.29 is 23.6 Å². The standard InChI is InChI=1S/C23H21FN4O4/c24-13-7-5-12(6-8-13)11-28-20(30)18-16(9-10-17(25)29)27-23(19(18)21(28)31)14-3-1-2-4-15(14)26-22(23)32/h1-8,16,18-19,27H,9-11H2,(H2,25,29)(H,26,32)/t16?,18-,19+,23?/m0/s1. The Morgan fingerprint density at radius 1 is 1.06 bits per heavy atom. The summed E-state index contributed by atoms with van der Waals surface area (Å²) < 4.78 is 13.3. The normalized spacial score (nSPS) is 28.2. The van der Waals surface area contributed by atoms with Crippen molar-refractivity contribution in [2.75, 3.05) is 5.32 Å². The third-order valence-corrected chi connectivity index (χ3v) is 6.67. The number of nitrogens with one attached hydrogen (secondary N) is 2. The topological polar surface area (TPSA) is 122 Å². The van der Waals surface area contributed by atoms with Gasteiger partial charge < -0.3 is 11.1 Å². The van der Waals surface area contributed by atoms with Gasteiger partial charge >= 0.3 is 0 Å². The Bertz CT molecular complexity index is 1150. The zero-order valence-corrected chi connectivity index (χ0v) is 17.0. The first-order valence-corrected chi connectivity index (χ1v) is 10.4. The van der Waals surface area contributed by atoms with Crippen LogP contribution >= 0.6 is 0 Å². The Labute approximate surface area is 182 Å². The molecule has 3 heterocycles. The molecule has 3 aliphatic heterocycles. The quantitative estimate of drug-likeness (QED) is 0.604. The highest BCUT2D eigenvalue weighted by molar-refractivity contribution is 6.15. The number of halogens is 1. The van der Waals surface area contributed by atoms with E-state index in [0.29, 0.717) is 16.8 Å². The van der Waals surface area contributed by atoms with E-state index in [1.165, 1.54) is 24.3 Å². The molecule has 0 saturated carbocycles. The predicted molar refractivity (Wildman–Crippen MR) is 111 cm³/mol. The minimum atomic E-state index is -1.41. The minimum Gasteiger partial charge on any atom is -0.370 e. The summed E-state index contributed by atoms with van der Waals surface area (Å²) in [5.41, 5.74) is 5.69. The van der Waals surface area contributed by atoms with Crippen LogP contribution < -0.4 is 16.4 Å². The van der Waals surface area contributed by atoms with E-state index >= 15 is 0 Å². The van der Waals surface area contributed by atoms with E-state index in [-0.39, 0.29) is 19.4 Å². The molecule has 32 heavy (non-hydrogen) atoms. The molecule has 4 atom stereocenters. The number of likely N-dealkylation sites (tertiary alicyclic amines) is 1. The van der Waals surface area contributed by atoms with E-state index in [2.05, 4.69) is 10.6 Å². The van der Waals surface area contributed by atoms with E-state index < -0.39 is 52.9 Å². The SMILES string of the molecule is NC(=O)CCC1NC2(C(=O)Nc3ccccc32)[C@H]2C(=O)N(Cc3ccc(F)cc3)C(=O)[C@@H]12. The molecule has 8 nitrogen and oxygen atoms in total. The Kier molecular flexibility index (Phi) is 4.59. The van der Waals surface area contributed by atoms with Crippen LogP contribution in [-0.4, -0.2) is 34.6 Å². The van der Waals surface area contributed by atoms with Gasteiger partial charge in [-0.25, -0.2) is 4.39 Å². The van der Waals surface area contributed by atoms with Crippen molar-refractivity contribution in [3.8, 4) is 0 Å². The van der Waals surface area contributed by atoms with Gasteiger partial charge in [-0.05, 0) is 30.2 Å². The predicted octanol–water partition coefficient (Wildman–Crippen LogP) is 1.01. The monoisotopic (exact) mass is 436 g/mol. The molecule has 2 aromatic rings. The number of hydrogen-bond donors (Lipinski definition) is 3. The van der Waals surface area contributed by atoms with Gasteiger partial charge in [0.15, 0.2) is 0 Å². The summed E-state index contributed by atoms with van der Waals surface area (Å²) in [7, 11) is 0. The minimum absolute atomic E-state index is 0.0136. The molecule has 2 unspecified atom stereocenters. The van der Waals surface area contributed by atoms with Crippen LogP contribution in [0.1, 0.15) is 24.0 Å². The highest BCUT2D eigenvalue weighted by Gasteiger charge is 2.70. The maximum Gasteiger partial charge on any atom is 0.250 e. The number of para-hydroxylation sites is 1. The van der Waals surface area contributed by atoms with Crippen molar-refractivity contribution in [2.24, 2.45) is 17.6 Å². The van der Waals surface area contributed by atoms with Gasteiger partial charge in [-0.15, -0.1) is 0 Å². The lowest BCUT2D eigenvalue weighted by Crippen LogP contribution is -2.53. The number of benzene rings is 2. The van der Waals surface area contributed by atoms with Crippen molar-refractivity contribution in [1.29, 1.82) is 0 Å². The summed E-state index contributed by atoms with van der Waals surface area (Å²) >= 11 is 0. The molecule has 5 rings (SSSR count). The first kappa shape index (κ1) is 20.3. The second kappa shape index (κ2) is 7.23. The van der Waals surface area contributed by atoms with Crippen LogP contribution in [0.15, 0.2) is 48.5 Å². The molecule has 3 aliphatic rings. The number of amides is 4. The van der Waals surface area contributed by atoms with Crippen molar-refractivity contribution in [3.05, 3.63) is 65.5 Å². The van der Waals surface area contributed by atoms with Crippen LogP contribution in [0, 0.1) is 17.7 Å². The average molecular weight is 436 g/mol. The second-order valence-electron chi connectivity index (χ2n) is 8.46. The molecule has 4 amide bonds. The van der Waals surface area contributed by atoms with Crippen LogP contribution in [0.4, 0.5) is 10.1 Å². The first-order chi connectivity index (χ1) is 15.3. The van der Waals surface area contributed by atoms with Crippen LogP contribution in [-0.2, 0) is 31.3 Å². The molecule has 4 N–H and O–H groups in total. The first-order valence-electron chi connectivity index (χ1n) is 10.4. The Morgan fingerprint density at radius 2 is 1.78 bits per heavy atom. The number of carbonyl (C=O) groups excluding carboxylic acids is 4. The Hall–Kier alpha value is -3.59. The summed E-state index contributed by atoms with van der Waals surface area (Å²) in [4.78, 5) is 52.8. The summed E-state index contributed by atoms with van der Waals surface area (Å²) in [6, 6.07) is 12.0. The van der Waals surface area contributed by atoms with Gasteiger partial charge in [-0.2, -0.15) is 0 Å². The Morgan fingerprint density at radius 3 is 2.50 bits per heavy atom. The van der Waals surface area contributed by atoms with Gasteiger partial charge in [-0.1, -0.05) is 30.3 Å². The van der Waals surface area contributed by atoms with Crippen LogP contribution in [0.2, 0.25) is 0 Å². The number of nitrogens with zero attached hydrogens (tertiary/aromatic N) is 1. The van der Waals surface area contributed by atoms with Gasteiger partial charge in [-0.3, -0.25) is 29.4 Å². The fraction of sp³-hybridized carbons (Fsp3) is 0.304. The Balaban J connectivity index is 1.56. The van der Waals surface area contributed by atoms with Gasteiger partial charge in [0, 0.05) is 23.7 Å². The van der Waals surface area contributed by atoms with Crippen molar-refractivity contribution in [1.82, 2.24) is 10.2 Å². The van der Waals surface area contributed by atoms with Crippen molar-refractivity contribution in [2.45, 2.75) is 31.0 Å². The van der Waals surface area contributed by atoms with E-state index in [1.807, 2.05) is 0 Å². The zero-order valence-electron chi connectivity index (χ0n) is 17.0. The van der Waals surface area contributed by atoms with E-state index in [1.54, 1.807) is 24.3 Å². The molecule has 2 saturated heterocycles. The molecule has 0 aliphatic carbocycles. The second-order valence-corrected chi connectivity index (χ2v) is 8.46. The molecular weight excluding hydrogens is 415 g/mol. The number of fused-ring (bicyclic) bond motifs is 4. The number of imide groups is 1. The lowest BCUT2D eigenvalue weighted by Gasteiger charge is -2.29. The maximum absolute atomic E-state index is 13.6. The zero-order chi connectivity index (χ0) is 22.6. The highest BCUT2D eigenvalue weighted by Crippen LogP contribution is 2.53. The summed E-state index contributed by atoms with van der Waals surface area (Å²) in [6.45, 7) is -0.0210. The number of hydrogen-bond acceptors (Lipinski definition) is 5. The number of anilines is 1. The molecule has 0 radical (unpaired) electrons. The molecule has 9 heteroatoms. The van der Waals surface area contributed by atoms with Crippen molar-refractivity contribution in [3.63, 3.8) is 0 Å². The smallest absolute Gasteiger partial charge is 0.250 e. The average Bonchev–Trinajstić information content (AvgIpc) is 3.34. The molecule has 1 spiro atoms. The van der Waals surface area contributed by atoms with Crippen molar-refractivity contribution >= 4 is 29.3 Å². The summed E-state index contributed by atoms with van der Waals surface area (Å²) in [5.74, 6) is -4.01. The molecule has 0 bridgehead atoms. The summed E-state index contributed by atoms with van der Waals surface area (Å²) in [5, 5.41) is 6.06. The largest absolute Gasteiger partial charge is 0.370 e. The van der Waals surface area contributed by atoms with Crippen LogP contribution in [0.25, 0.3) is 0 Å². The lowest BCUT2D eigenvalue weighted by molar-refractivity contribution is -0.143. The lowest BCUT2D eigenvalue weighted by atomic mass is 9.76. The van der Waals surface area contributed by atoms with Crippen LogP contribution in [0.3, 0.4) is 0 Å². The molecule has 164 valence electrons. The van der Waals surface area contributed by atoms with E-state index in [0.717, 1.165) is 4.90 Å².